The molecular formula is C14H20BrClN2O. The van der Waals surface area contributed by atoms with Crippen molar-refractivity contribution in [2.24, 2.45) is 0 Å². The molecule has 0 aliphatic carbocycles. The second-order valence-electron chi connectivity index (χ2n) is 4.79. The fraction of sp³-hybridized carbons (Fsp3) is 0.500. The molecule has 1 aromatic carbocycles. The zero-order chi connectivity index (χ0) is 13.0. The minimum Gasteiger partial charge on any atom is -0.340 e. The number of carbonyl (C=O) groups is 1. The Morgan fingerprint density at radius 2 is 1.89 bits per heavy atom. The summed E-state index contributed by atoms with van der Waals surface area (Å²) < 4.78 is 1.08. The molecule has 1 atom stereocenters. The summed E-state index contributed by atoms with van der Waals surface area (Å²) in [5, 5.41) is 3.26. The highest BCUT2D eigenvalue weighted by Gasteiger charge is 2.19. The molecule has 0 aromatic heterocycles. The normalized spacial score (nSPS) is 16.6. The zero-order valence-corrected chi connectivity index (χ0v) is 13.5. The third kappa shape index (κ3) is 4.79. The topological polar surface area (TPSA) is 32.3 Å². The van der Waals surface area contributed by atoms with E-state index in [9.17, 15) is 4.79 Å². The average molecular weight is 348 g/mol. The van der Waals surface area contributed by atoms with Crippen LogP contribution in [-0.4, -0.2) is 37.0 Å². The smallest absolute Gasteiger partial charge is 0.223 e. The molecule has 3 nitrogen and oxygen atoms in total. The fourth-order valence-corrected chi connectivity index (χ4v) is 2.48. The maximum absolute atomic E-state index is 12.1. The molecule has 0 spiro atoms. The highest BCUT2D eigenvalue weighted by molar-refractivity contribution is 9.10. The van der Waals surface area contributed by atoms with Crippen LogP contribution in [0.4, 0.5) is 0 Å². The molecule has 2 rings (SSSR count). The molecule has 0 radical (unpaired) electrons. The van der Waals surface area contributed by atoms with Crippen molar-refractivity contribution in [3.8, 4) is 0 Å². The van der Waals surface area contributed by atoms with Crippen LogP contribution in [-0.2, 0) is 4.79 Å². The van der Waals surface area contributed by atoms with Crippen molar-refractivity contribution >= 4 is 34.2 Å². The van der Waals surface area contributed by atoms with Crippen LogP contribution in [0.3, 0.4) is 0 Å². The van der Waals surface area contributed by atoms with E-state index in [1.165, 1.54) is 5.56 Å². The largest absolute Gasteiger partial charge is 0.340 e. The van der Waals surface area contributed by atoms with Crippen LogP contribution < -0.4 is 5.32 Å². The number of hydrogen-bond acceptors (Lipinski definition) is 2. The summed E-state index contributed by atoms with van der Waals surface area (Å²) >= 11 is 3.43. The summed E-state index contributed by atoms with van der Waals surface area (Å²) in [5.41, 5.74) is 1.22. The van der Waals surface area contributed by atoms with Gasteiger partial charge in [0.15, 0.2) is 0 Å². The lowest BCUT2D eigenvalue weighted by Crippen LogP contribution is -2.46. The Bertz CT molecular complexity index is 404. The highest BCUT2D eigenvalue weighted by atomic mass is 79.9. The maximum atomic E-state index is 12.1. The van der Waals surface area contributed by atoms with Gasteiger partial charge in [0.2, 0.25) is 5.91 Å². The van der Waals surface area contributed by atoms with Crippen molar-refractivity contribution in [3.63, 3.8) is 0 Å². The summed E-state index contributed by atoms with van der Waals surface area (Å²) in [6, 6.07) is 8.22. The predicted octanol–water partition coefficient (Wildman–Crippen LogP) is 2.80. The Kier molecular flexibility index (Phi) is 6.83. The van der Waals surface area contributed by atoms with Crippen LogP contribution in [0, 0.1) is 0 Å². The van der Waals surface area contributed by atoms with Crippen molar-refractivity contribution < 1.29 is 4.79 Å². The van der Waals surface area contributed by atoms with Gasteiger partial charge in [-0.3, -0.25) is 4.79 Å². The first kappa shape index (κ1) is 16.5. The van der Waals surface area contributed by atoms with Gasteiger partial charge >= 0.3 is 0 Å². The molecule has 1 aliphatic heterocycles. The van der Waals surface area contributed by atoms with Crippen LogP contribution in [0.15, 0.2) is 28.7 Å². The number of nitrogens with one attached hydrogen (secondary N) is 1. The number of carbonyl (C=O) groups excluding carboxylic acids is 1. The Balaban J connectivity index is 0.00000180. The van der Waals surface area contributed by atoms with Gasteiger partial charge in [0.05, 0.1) is 0 Å². The Morgan fingerprint density at radius 1 is 1.32 bits per heavy atom. The summed E-state index contributed by atoms with van der Waals surface area (Å²) in [5.74, 6) is 0.549. The first-order valence-electron chi connectivity index (χ1n) is 6.41. The minimum absolute atomic E-state index is 0. The minimum atomic E-state index is 0. The lowest BCUT2D eigenvalue weighted by Gasteiger charge is -2.28. The van der Waals surface area contributed by atoms with Crippen molar-refractivity contribution in [2.75, 3.05) is 26.2 Å². The molecule has 1 aromatic rings. The maximum Gasteiger partial charge on any atom is 0.223 e. The summed E-state index contributed by atoms with van der Waals surface area (Å²) in [6.45, 7) is 5.62. The van der Waals surface area contributed by atoms with E-state index in [1.54, 1.807) is 0 Å². The van der Waals surface area contributed by atoms with E-state index in [4.69, 9.17) is 0 Å². The van der Waals surface area contributed by atoms with E-state index >= 15 is 0 Å². The van der Waals surface area contributed by atoms with E-state index < -0.39 is 0 Å². The van der Waals surface area contributed by atoms with Crippen LogP contribution in [0.2, 0.25) is 0 Å². The van der Waals surface area contributed by atoms with Crippen LogP contribution in [0.25, 0.3) is 0 Å². The average Bonchev–Trinajstić information content (AvgIpc) is 2.40. The van der Waals surface area contributed by atoms with Gasteiger partial charge in [0, 0.05) is 37.1 Å². The van der Waals surface area contributed by atoms with Crippen molar-refractivity contribution in [2.45, 2.75) is 19.3 Å². The third-order valence-electron chi connectivity index (χ3n) is 3.39. The number of benzene rings is 1. The van der Waals surface area contributed by atoms with Gasteiger partial charge in [-0.05, 0) is 23.6 Å². The highest BCUT2D eigenvalue weighted by Crippen LogP contribution is 2.22. The molecule has 106 valence electrons. The second kappa shape index (κ2) is 7.88. The molecule has 19 heavy (non-hydrogen) atoms. The van der Waals surface area contributed by atoms with Gasteiger partial charge < -0.3 is 10.2 Å². The Hall–Kier alpha value is -0.580. The SMILES string of the molecule is CC(CC(=O)N1CCNCC1)c1ccc(Br)cc1.Cl. The number of hydrogen-bond donors (Lipinski definition) is 1. The predicted molar refractivity (Wildman–Crippen MR) is 83.9 cm³/mol. The summed E-state index contributed by atoms with van der Waals surface area (Å²) in [7, 11) is 0. The number of amides is 1. The van der Waals surface area contributed by atoms with Gasteiger partial charge in [-0.15, -0.1) is 12.4 Å². The van der Waals surface area contributed by atoms with E-state index in [2.05, 4.69) is 40.3 Å². The number of rotatable bonds is 3. The van der Waals surface area contributed by atoms with Gasteiger partial charge in [0.25, 0.3) is 0 Å². The van der Waals surface area contributed by atoms with Crippen molar-refractivity contribution in [1.82, 2.24) is 10.2 Å². The molecule has 1 aliphatic rings. The van der Waals surface area contributed by atoms with Gasteiger partial charge in [-0.1, -0.05) is 35.0 Å². The van der Waals surface area contributed by atoms with Gasteiger partial charge in [-0.25, -0.2) is 0 Å². The second-order valence-corrected chi connectivity index (χ2v) is 5.70. The number of piperazine rings is 1. The van der Waals surface area contributed by atoms with E-state index in [-0.39, 0.29) is 24.2 Å². The molecular weight excluding hydrogens is 328 g/mol. The molecule has 1 fully saturated rings. The fourth-order valence-electron chi connectivity index (χ4n) is 2.21. The summed E-state index contributed by atoms with van der Waals surface area (Å²) in [6.07, 6.45) is 0.599. The summed E-state index contributed by atoms with van der Waals surface area (Å²) in [4.78, 5) is 14.1. The number of nitrogens with zero attached hydrogens (tertiary/aromatic N) is 1. The van der Waals surface area contributed by atoms with Crippen molar-refractivity contribution in [3.05, 3.63) is 34.3 Å². The molecule has 1 N–H and O–H groups in total. The monoisotopic (exact) mass is 346 g/mol. The van der Waals surface area contributed by atoms with E-state index in [0.29, 0.717) is 6.42 Å². The van der Waals surface area contributed by atoms with Crippen LogP contribution in [0.5, 0.6) is 0 Å². The standard InChI is InChI=1S/C14H19BrN2O.ClH/c1-11(12-2-4-13(15)5-3-12)10-14(18)17-8-6-16-7-9-17;/h2-5,11,16H,6-10H2,1H3;1H. The molecule has 5 heteroatoms. The van der Waals surface area contributed by atoms with Crippen LogP contribution >= 0.6 is 28.3 Å². The quantitative estimate of drug-likeness (QED) is 0.912. The van der Waals surface area contributed by atoms with E-state index in [1.807, 2.05) is 17.0 Å². The van der Waals surface area contributed by atoms with Gasteiger partial charge in [0.1, 0.15) is 0 Å². The third-order valence-corrected chi connectivity index (χ3v) is 3.92. The lowest BCUT2D eigenvalue weighted by molar-refractivity contribution is -0.132. The van der Waals surface area contributed by atoms with Gasteiger partial charge in [-0.2, -0.15) is 0 Å². The lowest BCUT2D eigenvalue weighted by atomic mass is 9.97. The molecule has 1 saturated heterocycles. The van der Waals surface area contributed by atoms with E-state index in [0.717, 1.165) is 30.7 Å². The zero-order valence-electron chi connectivity index (χ0n) is 11.1. The Labute approximate surface area is 129 Å². The number of halogens is 2. The molecule has 0 saturated carbocycles. The Morgan fingerprint density at radius 3 is 2.47 bits per heavy atom. The molecule has 1 heterocycles. The molecule has 0 bridgehead atoms. The van der Waals surface area contributed by atoms with Crippen molar-refractivity contribution in [1.29, 1.82) is 0 Å². The first-order chi connectivity index (χ1) is 8.66. The molecule has 1 amide bonds. The molecule has 1 unspecified atom stereocenters. The van der Waals surface area contributed by atoms with Crippen LogP contribution in [0.1, 0.15) is 24.8 Å². The first-order valence-corrected chi connectivity index (χ1v) is 7.20.